The van der Waals surface area contributed by atoms with Gasteiger partial charge < -0.3 is 8.98 Å². The molecular weight excluding hydrogens is 346 g/mol. The maximum atomic E-state index is 12.9. The molecule has 0 atom stereocenters. The number of amides is 1. The maximum Gasteiger partial charge on any atom is 0.274 e. The van der Waals surface area contributed by atoms with Gasteiger partial charge in [-0.15, -0.1) is 11.3 Å². The maximum absolute atomic E-state index is 12.9. The Kier molecular flexibility index (Phi) is 4.12. The summed E-state index contributed by atoms with van der Waals surface area (Å²) in [5.41, 5.74) is 5.45. The summed E-state index contributed by atoms with van der Waals surface area (Å²) in [4.78, 5) is 18.4. The molecule has 0 saturated carbocycles. The lowest BCUT2D eigenvalue weighted by Crippen LogP contribution is -2.17. The first-order valence-corrected chi connectivity index (χ1v) is 9.20. The summed E-state index contributed by atoms with van der Waals surface area (Å²) in [6, 6.07) is 12.0. The van der Waals surface area contributed by atoms with Crippen molar-refractivity contribution in [3.8, 4) is 0 Å². The van der Waals surface area contributed by atoms with E-state index in [1.165, 1.54) is 16.9 Å². The molecule has 5 nitrogen and oxygen atoms in total. The Balaban J connectivity index is 1.68. The van der Waals surface area contributed by atoms with Crippen LogP contribution >= 0.6 is 11.3 Å². The predicted molar refractivity (Wildman–Crippen MR) is 104 cm³/mol. The topological polar surface area (TPSA) is 60.1 Å². The number of benzene rings is 1. The van der Waals surface area contributed by atoms with E-state index in [9.17, 15) is 4.79 Å². The van der Waals surface area contributed by atoms with E-state index in [2.05, 4.69) is 41.5 Å². The van der Waals surface area contributed by atoms with E-state index in [1.807, 2.05) is 24.5 Å². The van der Waals surface area contributed by atoms with E-state index in [0.717, 1.165) is 21.7 Å². The fourth-order valence-corrected chi connectivity index (χ4v) is 3.71. The van der Waals surface area contributed by atoms with Gasteiger partial charge in [0.15, 0.2) is 10.7 Å². The Labute approximate surface area is 155 Å². The molecule has 0 aliphatic rings. The van der Waals surface area contributed by atoms with Crippen molar-refractivity contribution >= 4 is 33.5 Å². The second-order valence-electron chi connectivity index (χ2n) is 6.39. The van der Waals surface area contributed by atoms with Gasteiger partial charge in [-0.2, -0.15) is 0 Å². The molecule has 3 heterocycles. The summed E-state index contributed by atoms with van der Waals surface area (Å²) >= 11 is 1.48. The Morgan fingerprint density at radius 3 is 2.65 bits per heavy atom. The largest absolute Gasteiger partial charge is 0.463 e. The summed E-state index contributed by atoms with van der Waals surface area (Å²) in [6.45, 7) is 6.59. The molecular formula is C20H19N3O2S. The first-order valence-electron chi connectivity index (χ1n) is 8.39. The number of nitrogens with one attached hydrogen (secondary N) is 1. The first-order chi connectivity index (χ1) is 12.5. The van der Waals surface area contributed by atoms with Gasteiger partial charge in [0.05, 0.1) is 17.5 Å². The van der Waals surface area contributed by atoms with Crippen LogP contribution in [0.1, 0.15) is 32.2 Å². The average molecular weight is 365 g/mol. The fraction of sp³-hybridized carbons (Fsp3) is 0.200. The molecule has 0 saturated heterocycles. The molecule has 0 aliphatic heterocycles. The lowest BCUT2D eigenvalue weighted by atomic mass is 10.1. The summed E-state index contributed by atoms with van der Waals surface area (Å²) in [5, 5.41) is 3.53. The fourth-order valence-electron chi connectivity index (χ4n) is 2.90. The van der Waals surface area contributed by atoms with Crippen molar-refractivity contribution in [3.63, 3.8) is 0 Å². The lowest BCUT2D eigenvalue weighted by Gasteiger charge is -2.10. The Morgan fingerprint density at radius 2 is 1.96 bits per heavy atom. The van der Waals surface area contributed by atoms with Crippen molar-refractivity contribution < 1.29 is 9.21 Å². The van der Waals surface area contributed by atoms with Crippen molar-refractivity contribution in [2.24, 2.45) is 0 Å². The van der Waals surface area contributed by atoms with Crippen LogP contribution in [-0.4, -0.2) is 15.5 Å². The number of fused-ring (bicyclic) bond motifs is 1. The van der Waals surface area contributed by atoms with Crippen LogP contribution in [0.5, 0.6) is 0 Å². The third kappa shape index (κ3) is 3.04. The number of aryl methyl sites for hydroxylation is 3. The predicted octanol–water partition coefficient (Wildman–Crippen LogP) is 4.92. The van der Waals surface area contributed by atoms with Crippen LogP contribution in [0, 0.1) is 20.8 Å². The molecule has 6 heteroatoms. The van der Waals surface area contributed by atoms with Crippen LogP contribution in [-0.2, 0) is 6.54 Å². The average Bonchev–Trinajstić information content (AvgIpc) is 3.27. The summed E-state index contributed by atoms with van der Waals surface area (Å²) in [6.07, 6.45) is 1.64. The smallest absolute Gasteiger partial charge is 0.274 e. The highest BCUT2D eigenvalue weighted by Gasteiger charge is 2.19. The van der Waals surface area contributed by atoms with Crippen LogP contribution in [0.4, 0.5) is 5.13 Å². The Morgan fingerprint density at radius 1 is 1.19 bits per heavy atom. The van der Waals surface area contributed by atoms with Crippen molar-refractivity contribution in [2.45, 2.75) is 27.3 Å². The van der Waals surface area contributed by atoms with Gasteiger partial charge in [-0.05, 0) is 26.3 Å². The van der Waals surface area contributed by atoms with E-state index >= 15 is 0 Å². The van der Waals surface area contributed by atoms with Crippen molar-refractivity contribution in [1.29, 1.82) is 0 Å². The minimum atomic E-state index is -0.183. The zero-order valence-corrected chi connectivity index (χ0v) is 15.7. The first kappa shape index (κ1) is 16.6. The lowest BCUT2D eigenvalue weighted by molar-refractivity contribution is 0.101. The number of aromatic nitrogens is 2. The number of hydrogen-bond acceptors (Lipinski definition) is 4. The van der Waals surface area contributed by atoms with Crippen LogP contribution in [0.2, 0.25) is 0 Å². The molecule has 4 rings (SSSR count). The monoisotopic (exact) mass is 365 g/mol. The van der Waals surface area contributed by atoms with Gasteiger partial charge in [0, 0.05) is 23.6 Å². The van der Waals surface area contributed by atoms with Crippen LogP contribution in [0.3, 0.4) is 0 Å². The van der Waals surface area contributed by atoms with Gasteiger partial charge in [-0.1, -0.05) is 29.8 Å². The second-order valence-corrected chi connectivity index (χ2v) is 7.59. The second kappa shape index (κ2) is 6.46. The Hall–Kier alpha value is -2.86. The molecule has 26 heavy (non-hydrogen) atoms. The minimum Gasteiger partial charge on any atom is -0.463 e. The van der Waals surface area contributed by atoms with Gasteiger partial charge in [0.25, 0.3) is 5.91 Å². The number of nitrogens with zero attached hydrogens (tertiary/aromatic N) is 2. The van der Waals surface area contributed by atoms with Gasteiger partial charge >= 0.3 is 0 Å². The van der Waals surface area contributed by atoms with Crippen molar-refractivity contribution in [2.75, 3.05) is 5.32 Å². The molecule has 0 spiro atoms. The highest BCUT2D eigenvalue weighted by Crippen LogP contribution is 2.25. The molecule has 4 aromatic rings. The zero-order valence-electron chi connectivity index (χ0n) is 14.9. The SMILES string of the molecule is Cc1ccc(Cn2c(C(=O)Nc3nc(C)c(C)s3)cc3occc32)cc1. The minimum absolute atomic E-state index is 0.183. The van der Waals surface area contributed by atoms with Crippen LogP contribution in [0.25, 0.3) is 11.1 Å². The molecule has 0 radical (unpaired) electrons. The number of carbonyl (C=O) groups is 1. The van der Waals surface area contributed by atoms with Crippen molar-refractivity contribution in [1.82, 2.24) is 9.55 Å². The molecule has 1 N–H and O–H groups in total. The quantitative estimate of drug-likeness (QED) is 0.558. The van der Waals surface area contributed by atoms with Crippen LogP contribution in [0.15, 0.2) is 47.1 Å². The molecule has 132 valence electrons. The van der Waals surface area contributed by atoms with Gasteiger partial charge in [-0.3, -0.25) is 10.1 Å². The van der Waals surface area contributed by atoms with Crippen molar-refractivity contribution in [3.05, 3.63) is 70.1 Å². The summed E-state index contributed by atoms with van der Waals surface area (Å²) in [5.74, 6) is -0.183. The standard InChI is InChI=1S/C20H19N3O2S/c1-12-4-6-15(7-5-12)11-23-16-8-9-25-18(16)10-17(23)19(24)22-20-21-13(2)14(3)26-20/h4-10H,11H2,1-3H3,(H,21,22,24). The molecule has 1 aromatic carbocycles. The van der Waals surface area contributed by atoms with E-state index in [4.69, 9.17) is 4.42 Å². The third-order valence-electron chi connectivity index (χ3n) is 4.47. The van der Waals surface area contributed by atoms with Gasteiger partial charge in [0.2, 0.25) is 0 Å². The van der Waals surface area contributed by atoms with Gasteiger partial charge in [0.1, 0.15) is 5.69 Å². The molecule has 0 unspecified atom stereocenters. The summed E-state index contributed by atoms with van der Waals surface area (Å²) < 4.78 is 7.48. The molecule has 3 aromatic heterocycles. The van der Waals surface area contributed by atoms with E-state index in [-0.39, 0.29) is 5.91 Å². The third-order valence-corrected chi connectivity index (χ3v) is 5.45. The number of carbonyl (C=O) groups excluding carboxylic acids is 1. The van der Waals surface area contributed by atoms with E-state index in [1.54, 1.807) is 12.3 Å². The molecule has 0 fully saturated rings. The van der Waals surface area contributed by atoms with E-state index < -0.39 is 0 Å². The van der Waals surface area contributed by atoms with E-state index in [0.29, 0.717) is 23.0 Å². The highest BCUT2D eigenvalue weighted by molar-refractivity contribution is 7.15. The number of anilines is 1. The number of furan rings is 1. The molecule has 0 aliphatic carbocycles. The molecule has 1 amide bonds. The number of hydrogen-bond donors (Lipinski definition) is 1. The number of rotatable bonds is 4. The normalized spacial score (nSPS) is 11.2. The zero-order chi connectivity index (χ0) is 18.3. The van der Waals surface area contributed by atoms with Crippen LogP contribution < -0.4 is 5.32 Å². The number of thiazole rings is 1. The highest BCUT2D eigenvalue weighted by atomic mass is 32.1. The van der Waals surface area contributed by atoms with Gasteiger partial charge in [-0.25, -0.2) is 4.98 Å². The summed E-state index contributed by atoms with van der Waals surface area (Å²) in [7, 11) is 0. The molecule has 0 bridgehead atoms. The Bertz CT molecular complexity index is 1070.